The van der Waals surface area contributed by atoms with Gasteiger partial charge in [-0.15, -0.1) is 11.3 Å². The number of hydrogen-bond acceptors (Lipinski definition) is 7. The van der Waals surface area contributed by atoms with Crippen molar-refractivity contribution in [3.8, 4) is 10.8 Å². The van der Waals surface area contributed by atoms with E-state index in [-0.39, 0.29) is 18.7 Å². The molecular formula is C16H19N5O4S. The third-order valence-electron chi connectivity index (χ3n) is 4.65. The Labute approximate surface area is 153 Å². The first-order chi connectivity index (χ1) is 12.6. The molecule has 0 bridgehead atoms. The van der Waals surface area contributed by atoms with Crippen molar-refractivity contribution in [2.24, 2.45) is 0 Å². The molecule has 1 atom stereocenters. The van der Waals surface area contributed by atoms with Crippen LogP contribution in [0, 0.1) is 0 Å². The number of rotatable bonds is 3. The highest BCUT2D eigenvalue weighted by Crippen LogP contribution is 2.29. The normalized spacial score (nSPS) is 22.8. The van der Waals surface area contributed by atoms with Crippen LogP contribution in [0.25, 0.3) is 10.8 Å². The zero-order valence-corrected chi connectivity index (χ0v) is 14.9. The SMILES string of the molecule is O=C1NCC2(CCCN(C(=O)NCc3noc(-c4cccs4)n3)CC2)O1. The van der Waals surface area contributed by atoms with Crippen LogP contribution in [0.3, 0.4) is 0 Å². The molecule has 10 heteroatoms. The highest BCUT2D eigenvalue weighted by Gasteiger charge is 2.41. The van der Waals surface area contributed by atoms with Gasteiger partial charge in [0.25, 0.3) is 5.89 Å². The number of carbonyl (C=O) groups is 2. The minimum atomic E-state index is -0.477. The molecule has 9 nitrogen and oxygen atoms in total. The lowest BCUT2D eigenvalue weighted by Gasteiger charge is -2.25. The van der Waals surface area contributed by atoms with Crippen LogP contribution in [-0.2, 0) is 11.3 Å². The van der Waals surface area contributed by atoms with Crippen LogP contribution < -0.4 is 10.6 Å². The van der Waals surface area contributed by atoms with Crippen LogP contribution in [0.15, 0.2) is 22.0 Å². The number of nitrogens with zero attached hydrogens (tertiary/aromatic N) is 3. The van der Waals surface area contributed by atoms with E-state index in [2.05, 4.69) is 20.8 Å². The van der Waals surface area contributed by atoms with Crippen LogP contribution in [0.5, 0.6) is 0 Å². The van der Waals surface area contributed by atoms with E-state index in [0.717, 1.165) is 17.7 Å². The molecule has 4 rings (SSSR count). The quantitative estimate of drug-likeness (QED) is 0.846. The van der Waals surface area contributed by atoms with E-state index in [1.54, 1.807) is 4.90 Å². The summed E-state index contributed by atoms with van der Waals surface area (Å²) in [6.45, 7) is 1.87. The molecule has 0 aliphatic carbocycles. The molecule has 4 heterocycles. The lowest BCUT2D eigenvalue weighted by atomic mass is 9.95. The number of nitrogens with one attached hydrogen (secondary N) is 2. The second-order valence-corrected chi connectivity index (χ2v) is 7.37. The number of alkyl carbamates (subject to hydrolysis) is 1. The molecule has 0 radical (unpaired) electrons. The molecule has 0 aromatic carbocycles. The number of thiophene rings is 1. The highest BCUT2D eigenvalue weighted by molar-refractivity contribution is 7.13. The lowest BCUT2D eigenvalue weighted by molar-refractivity contribution is 0.0453. The molecule has 0 saturated carbocycles. The third-order valence-corrected chi connectivity index (χ3v) is 5.50. The maximum absolute atomic E-state index is 12.4. The zero-order chi connectivity index (χ0) is 18.0. The molecule has 1 spiro atoms. The first-order valence-electron chi connectivity index (χ1n) is 8.50. The Morgan fingerprint density at radius 3 is 3.12 bits per heavy atom. The van der Waals surface area contributed by atoms with Crippen LogP contribution in [0.2, 0.25) is 0 Å². The summed E-state index contributed by atoms with van der Waals surface area (Å²) in [5, 5.41) is 11.4. The van der Waals surface area contributed by atoms with Crippen molar-refractivity contribution in [1.82, 2.24) is 25.7 Å². The molecule has 2 aliphatic heterocycles. The Hall–Kier alpha value is -2.62. The van der Waals surface area contributed by atoms with E-state index in [1.165, 1.54) is 11.3 Å². The van der Waals surface area contributed by atoms with Gasteiger partial charge in [-0.05, 0) is 24.3 Å². The largest absolute Gasteiger partial charge is 0.441 e. The van der Waals surface area contributed by atoms with Crippen LogP contribution in [0.1, 0.15) is 25.1 Å². The van der Waals surface area contributed by atoms with E-state index < -0.39 is 5.60 Å². The number of urea groups is 1. The average molecular weight is 377 g/mol. The van der Waals surface area contributed by atoms with Gasteiger partial charge < -0.3 is 24.8 Å². The Bertz CT molecular complexity index is 792. The van der Waals surface area contributed by atoms with Crippen LogP contribution in [0.4, 0.5) is 9.59 Å². The minimum absolute atomic E-state index is 0.179. The van der Waals surface area contributed by atoms with E-state index in [1.807, 2.05) is 17.5 Å². The van der Waals surface area contributed by atoms with Gasteiger partial charge in [-0.1, -0.05) is 11.2 Å². The van der Waals surface area contributed by atoms with Gasteiger partial charge in [0.2, 0.25) is 0 Å². The van der Waals surface area contributed by atoms with Crippen molar-refractivity contribution in [2.75, 3.05) is 19.6 Å². The number of carbonyl (C=O) groups excluding carboxylic acids is 2. The van der Waals surface area contributed by atoms with Crippen molar-refractivity contribution in [3.05, 3.63) is 23.3 Å². The van der Waals surface area contributed by atoms with Gasteiger partial charge in [0.15, 0.2) is 5.82 Å². The van der Waals surface area contributed by atoms with Crippen molar-refractivity contribution >= 4 is 23.5 Å². The summed E-state index contributed by atoms with van der Waals surface area (Å²) < 4.78 is 10.6. The van der Waals surface area contributed by atoms with Crippen LogP contribution >= 0.6 is 11.3 Å². The fourth-order valence-corrected chi connectivity index (χ4v) is 3.89. The number of amides is 3. The molecular weight excluding hydrogens is 358 g/mol. The van der Waals surface area contributed by atoms with Gasteiger partial charge >= 0.3 is 12.1 Å². The van der Waals surface area contributed by atoms with E-state index in [4.69, 9.17) is 9.26 Å². The molecule has 3 amide bonds. The summed E-state index contributed by atoms with van der Waals surface area (Å²) in [6, 6.07) is 3.63. The average Bonchev–Trinajstić information content (AvgIpc) is 3.34. The summed E-state index contributed by atoms with van der Waals surface area (Å²) in [5.74, 6) is 0.887. The topological polar surface area (TPSA) is 110 Å². The van der Waals surface area contributed by atoms with Crippen molar-refractivity contribution in [2.45, 2.75) is 31.4 Å². The summed E-state index contributed by atoms with van der Waals surface area (Å²) >= 11 is 1.52. The van der Waals surface area contributed by atoms with Gasteiger partial charge in [0.05, 0.1) is 18.0 Å². The molecule has 1 unspecified atom stereocenters. The van der Waals surface area contributed by atoms with Gasteiger partial charge in [0, 0.05) is 19.5 Å². The van der Waals surface area contributed by atoms with Gasteiger partial charge in [-0.2, -0.15) is 4.98 Å². The molecule has 2 N–H and O–H groups in total. The molecule has 2 saturated heterocycles. The zero-order valence-electron chi connectivity index (χ0n) is 14.1. The second kappa shape index (κ2) is 6.94. The van der Waals surface area contributed by atoms with Gasteiger partial charge in [-0.25, -0.2) is 9.59 Å². The number of likely N-dealkylation sites (tertiary alicyclic amines) is 1. The number of hydrogen-bond donors (Lipinski definition) is 2. The van der Waals surface area contributed by atoms with Crippen molar-refractivity contribution in [3.63, 3.8) is 0 Å². The van der Waals surface area contributed by atoms with Crippen molar-refractivity contribution < 1.29 is 18.8 Å². The molecule has 26 heavy (non-hydrogen) atoms. The molecule has 138 valence electrons. The Kier molecular flexibility index (Phi) is 4.49. The highest BCUT2D eigenvalue weighted by atomic mass is 32.1. The maximum Gasteiger partial charge on any atom is 0.407 e. The Morgan fingerprint density at radius 1 is 1.42 bits per heavy atom. The molecule has 2 aliphatic rings. The smallest absolute Gasteiger partial charge is 0.407 e. The van der Waals surface area contributed by atoms with Gasteiger partial charge in [0.1, 0.15) is 5.60 Å². The van der Waals surface area contributed by atoms with Crippen molar-refractivity contribution in [1.29, 1.82) is 0 Å². The fourth-order valence-electron chi connectivity index (χ4n) is 3.24. The summed E-state index contributed by atoms with van der Waals surface area (Å²) in [7, 11) is 0. The predicted molar refractivity (Wildman–Crippen MR) is 92.5 cm³/mol. The summed E-state index contributed by atoms with van der Waals surface area (Å²) in [5.41, 5.74) is -0.477. The third kappa shape index (κ3) is 3.50. The van der Waals surface area contributed by atoms with E-state index in [0.29, 0.717) is 37.8 Å². The standard InChI is InChI=1S/C16H19N5O4S/c22-14(17-9-12-19-13(25-20-12)11-3-1-8-26-11)21-6-2-4-16(5-7-21)10-18-15(23)24-16/h1,3,8H,2,4-7,9-10H2,(H,17,22)(H,18,23). The second-order valence-electron chi connectivity index (χ2n) is 6.42. The summed E-state index contributed by atoms with van der Waals surface area (Å²) in [6.07, 6.45) is 1.79. The predicted octanol–water partition coefficient (Wildman–Crippen LogP) is 1.97. The van der Waals surface area contributed by atoms with E-state index >= 15 is 0 Å². The molecule has 2 aromatic rings. The maximum atomic E-state index is 12.4. The first-order valence-corrected chi connectivity index (χ1v) is 9.38. The minimum Gasteiger partial charge on any atom is -0.441 e. The number of aromatic nitrogens is 2. The van der Waals surface area contributed by atoms with E-state index in [9.17, 15) is 9.59 Å². The Balaban J connectivity index is 1.30. The molecule has 2 aromatic heterocycles. The summed E-state index contributed by atoms with van der Waals surface area (Å²) in [4.78, 5) is 30.7. The first kappa shape index (κ1) is 16.8. The Morgan fingerprint density at radius 2 is 2.35 bits per heavy atom. The fraction of sp³-hybridized carbons (Fsp3) is 0.500. The number of ether oxygens (including phenoxy) is 1. The van der Waals surface area contributed by atoms with Crippen LogP contribution in [-0.4, -0.2) is 52.4 Å². The molecule has 2 fully saturated rings. The lowest BCUT2D eigenvalue weighted by Crippen LogP contribution is -2.41. The monoisotopic (exact) mass is 377 g/mol. The van der Waals surface area contributed by atoms with Gasteiger partial charge in [-0.3, -0.25) is 0 Å².